The molecule has 2 rings (SSSR count). The Bertz CT molecular complexity index is 530. The zero-order valence-corrected chi connectivity index (χ0v) is 8.93. The van der Waals surface area contributed by atoms with Crippen molar-refractivity contribution >= 4 is 17.1 Å². The van der Waals surface area contributed by atoms with Gasteiger partial charge >= 0.3 is 5.97 Å². The van der Waals surface area contributed by atoms with E-state index < -0.39 is 12.1 Å². The van der Waals surface area contributed by atoms with Crippen LogP contribution < -0.4 is 0 Å². The van der Waals surface area contributed by atoms with Crippen LogP contribution in [0.1, 0.15) is 29.1 Å². The van der Waals surface area contributed by atoms with Crippen LogP contribution in [0.3, 0.4) is 0 Å². The Morgan fingerprint density at radius 2 is 2.38 bits per heavy atom. The Kier molecular flexibility index (Phi) is 2.62. The van der Waals surface area contributed by atoms with Crippen molar-refractivity contribution in [3.63, 3.8) is 0 Å². The largest absolute Gasteiger partial charge is 0.465 e. The van der Waals surface area contributed by atoms with Crippen molar-refractivity contribution in [2.75, 3.05) is 7.11 Å². The molecule has 1 atom stereocenters. The SMILES string of the molecule is COC(=O)c1ccnc2cc(C(C)O)oc12. The number of hydrogen-bond acceptors (Lipinski definition) is 5. The van der Waals surface area contributed by atoms with E-state index in [4.69, 9.17) is 4.42 Å². The molecule has 5 nitrogen and oxygen atoms in total. The second-order valence-electron chi connectivity index (χ2n) is 3.39. The van der Waals surface area contributed by atoms with Crippen molar-refractivity contribution in [1.29, 1.82) is 0 Å². The molecule has 0 amide bonds. The maximum absolute atomic E-state index is 11.4. The minimum Gasteiger partial charge on any atom is -0.465 e. The number of ether oxygens (including phenoxy) is 1. The Morgan fingerprint density at radius 1 is 1.62 bits per heavy atom. The summed E-state index contributed by atoms with van der Waals surface area (Å²) in [5, 5.41) is 9.37. The number of furan rings is 1. The molecule has 0 saturated heterocycles. The number of carbonyl (C=O) groups is 1. The molecule has 1 N–H and O–H groups in total. The highest BCUT2D eigenvalue weighted by atomic mass is 16.5. The Labute approximate surface area is 91.7 Å². The number of nitrogens with zero attached hydrogens (tertiary/aromatic N) is 1. The molecule has 0 fully saturated rings. The predicted molar refractivity (Wildman–Crippen MR) is 56.0 cm³/mol. The first-order valence-electron chi connectivity index (χ1n) is 4.78. The Morgan fingerprint density at radius 3 is 3.00 bits per heavy atom. The number of hydrogen-bond donors (Lipinski definition) is 1. The number of aliphatic hydroxyl groups is 1. The number of aliphatic hydroxyl groups excluding tert-OH is 1. The van der Waals surface area contributed by atoms with Crippen LogP contribution in [0.15, 0.2) is 22.7 Å². The van der Waals surface area contributed by atoms with Crippen molar-refractivity contribution in [3.8, 4) is 0 Å². The monoisotopic (exact) mass is 221 g/mol. The number of aromatic nitrogens is 1. The highest BCUT2D eigenvalue weighted by Gasteiger charge is 2.17. The van der Waals surface area contributed by atoms with Crippen LogP contribution in [-0.2, 0) is 4.74 Å². The van der Waals surface area contributed by atoms with Gasteiger partial charge < -0.3 is 14.3 Å². The first kappa shape index (κ1) is 10.6. The lowest BCUT2D eigenvalue weighted by Gasteiger charge is -1.99. The second kappa shape index (κ2) is 3.94. The fourth-order valence-corrected chi connectivity index (χ4v) is 1.43. The highest BCUT2D eigenvalue weighted by Crippen LogP contribution is 2.25. The zero-order valence-electron chi connectivity index (χ0n) is 8.93. The van der Waals surface area contributed by atoms with Gasteiger partial charge in [0.15, 0.2) is 5.58 Å². The first-order valence-corrected chi connectivity index (χ1v) is 4.78. The van der Waals surface area contributed by atoms with Crippen molar-refractivity contribution in [2.45, 2.75) is 13.0 Å². The average molecular weight is 221 g/mol. The van der Waals surface area contributed by atoms with Gasteiger partial charge in [0.05, 0.1) is 7.11 Å². The van der Waals surface area contributed by atoms with E-state index in [1.165, 1.54) is 19.4 Å². The molecule has 0 aromatic carbocycles. The summed E-state index contributed by atoms with van der Waals surface area (Å²) in [6, 6.07) is 3.12. The number of carbonyl (C=O) groups excluding carboxylic acids is 1. The number of pyridine rings is 1. The number of fused-ring (bicyclic) bond motifs is 1. The number of methoxy groups -OCH3 is 1. The molecule has 0 aliphatic carbocycles. The molecule has 2 aromatic rings. The molecule has 16 heavy (non-hydrogen) atoms. The summed E-state index contributed by atoms with van der Waals surface area (Å²) in [6.07, 6.45) is 0.760. The summed E-state index contributed by atoms with van der Waals surface area (Å²) in [5.74, 6) is -0.113. The van der Waals surface area contributed by atoms with E-state index in [0.717, 1.165) is 0 Å². The van der Waals surface area contributed by atoms with Crippen LogP contribution in [0, 0.1) is 0 Å². The normalized spacial score (nSPS) is 12.7. The quantitative estimate of drug-likeness (QED) is 0.781. The van der Waals surface area contributed by atoms with Gasteiger partial charge in [0.1, 0.15) is 22.9 Å². The van der Waals surface area contributed by atoms with Crippen molar-refractivity contribution in [1.82, 2.24) is 4.98 Å². The summed E-state index contributed by atoms with van der Waals surface area (Å²) in [4.78, 5) is 15.5. The summed E-state index contributed by atoms with van der Waals surface area (Å²) in [7, 11) is 1.30. The topological polar surface area (TPSA) is 72.6 Å². The van der Waals surface area contributed by atoms with Crippen molar-refractivity contribution < 1.29 is 19.1 Å². The zero-order chi connectivity index (χ0) is 11.7. The smallest absolute Gasteiger partial charge is 0.341 e. The molecule has 2 aromatic heterocycles. The van der Waals surface area contributed by atoms with Gasteiger partial charge in [0.25, 0.3) is 0 Å². The fourth-order valence-electron chi connectivity index (χ4n) is 1.43. The maximum Gasteiger partial charge on any atom is 0.341 e. The van der Waals surface area contributed by atoms with E-state index in [1.807, 2.05) is 0 Å². The van der Waals surface area contributed by atoms with Gasteiger partial charge in [-0.25, -0.2) is 4.79 Å². The molecular weight excluding hydrogens is 210 g/mol. The van der Waals surface area contributed by atoms with Gasteiger partial charge in [0.2, 0.25) is 0 Å². The van der Waals surface area contributed by atoms with Gasteiger partial charge in [-0.2, -0.15) is 0 Å². The van der Waals surface area contributed by atoms with Gasteiger partial charge in [-0.3, -0.25) is 4.98 Å². The molecule has 84 valence electrons. The molecule has 2 heterocycles. The molecule has 0 radical (unpaired) electrons. The lowest BCUT2D eigenvalue weighted by atomic mass is 10.2. The minimum atomic E-state index is -0.736. The van der Waals surface area contributed by atoms with Crippen LogP contribution in [-0.4, -0.2) is 23.2 Å². The fraction of sp³-hybridized carbons (Fsp3) is 0.273. The Balaban J connectivity index is 2.63. The molecular formula is C11H11NO4. The minimum absolute atomic E-state index is 0.305. The highest BCUT2D eigenvalue weighted by molar-refractivity contribution is 6.00. The maximum atomic E-state index is 11.4. The van der Waals surface area contributed by atoms with E-state index in [0.29, 0.717) is 22.4 Å². The molecule has 1 unspecified atom stereocenters. The van der Waals surface area contributed by atoms with E-state index in [9.17, 15) is 9.90 Å². The first-order chi connectivity index (χ1) is 7.63. The lowest BCUT2D eigenvalue weighted by molar-refractivity contribution is 0.0601. The van der Waals surface area contributed by atoms with E-state index in [-0.39, 0.29) is 0 Å². The third-order valence-corrected chi connectivity index (χ3v) is 2.25. The summed E-state index contributed by atoms with van der Waals surface area (Å²) in [6.45, 7) is 1.58. The van der Waals surface area contributed by atoms with Gasteiger partial charge in [0, 0.05) is 12.3 Å². The van der Waals surface area contributed by atoms with E-state index >= 15 is 0 Å². The number of esters is 1. The molecule has 0 spiro atoms. The van der Waals surface area contributed by atoms with Crippen LogP contribution in [0.2, 0.25) is 0 Å². The van der Waals surface area contributed by atoms with Crippen LogP contribution >= 0.6 is 0 Å². The Hall–Kier alpha value is -1.88. The van der Waals surface area contributed by atoms with Crippen LogP contribution in [0.4, 0.5) is 0 Å². The summed E-state index contributed by atoms with van der Waals surface area (Å²) >= 11 is 0. The number of rotatable bonds is 2. The lowest BCUT2D eigenvalue weighted by Crippen LogP contribution is -2.01. The van der Waals surface area contributed by atoms with E-state index in [1.54, 1.807) is 13.0 Å². The summed E-state index contributed by atoms with van der Waals surface area (Å²) < 4.78 is 10.00. The van der Waals surface area contributed by atoms with Crippen molar-refractivity contribution in [3.05, 3.63) is 29.7 Å². The van der Waals surface area contributed by atoms with Crippen LogP contribution in [0.25, 0.3) is 11.1 Å². The van der Waals surface area contributed by atoms with Crippen molar-refractivity contribution in [2.24, 2.45) is 0 Å². The van der Waals surface area contributed by atoms with Gasteiger partial charge in [-0.15, -0.1) is 0 Å². The molecule has 0 aliphatic rings. The average Bonchev–Trinajstić information content (AvgIpc) is 2.71. The molecule has 0 aliphatic heterocycles. The molecule has 0 bridgehead atoms. The molecule has 0 saturated carbocycles. The van der Waals surface area contributed by atoms with Crippen LogP contribution in [0.5, 0.6) is 0 Å². The van der Waals surface area contributed by atoms with E-state index in [2.05, 4.69) is 9.72 Å². The van der Waals surface area contributed by atoms with Gasteiger partial charge in [-0.05, 0) is 13.0 Å². The standard InChI is InChI=1S/C11H11NO4/c1-6(13)9-5-8-10(16-9)7(3-4-12-8)11(14)15-2/h3-6,13H,1-2H3. The predicted octanol–water partition coefficient (Wildman–Crippen LogP) is 1.67. The van der Waals surface area contributed by atoms with Gasteiger partial charge in [-0.1, -0.05) is 0 Å². The third-order valence-electron chi connectivity index (χ3n) is 2.25. The third kappa shape index (κ3) is 1.65. The molecule has 5 heteroatoms. The summed E-state index contributed by atoms with van der Waals surface area (Å²) in [5.41, 5.74) is 1.17. The second-order valence-corrected chi connectivity index (χ2v) is 3.39.